The van der Waals surface area contributed by atoms with E-state index < -0.39 is 10.0 Å². The number of hydrogen-bond acceptors (Lipinski definition) is 10. The van der Waals surface area contributed by atoms with Gasteiger partial charge >= 0.3 is 0 Å². The highest BCUT2D eigenvalue weighted by molar-refractivity contribution is 7.88. The Kier molecular flexibility index (Phi) is 7.83. The average Bonchev–Trinajstić information content (AvgIpc) is 2.82. The first-order chi connectivity index (χ1) is 17.2. The van der Waals surface area contributed by atoms with Crippen molar-refractivity contribution in [3.8, 4) is 11.6 Å². The first-order valence-corrected chi connectivity index (χ1v) is 13.4. The molecule has 2 fully saturated rings. The Bertz CT molecular complexity index is 1250. The second-order valence-electron chi connectivity index (χ2n) is 8.29. The number of ether oxygens (including phenoxy) is 2. The molecule has 2 aromatic rings. The highest BCUT2D eigenvalue weighted by Crippen LogP contribution is 2.39. The maximum Gasteiger partial charge on any atom is 0.247 e. The first kappa shape index (κ1) is 25.9. The summed E-state index contributed by atoms with van der Waals surface area (Å²) in [5, 5.41) is 9.46. The Morgan fingerprint density at radius 3 is 2.64 bits per heavy atom. The van der Waals surface area contributed by atoms with Crippen LogP contribution in [0.5, 0.6) is 11.6 Å². The van der Waals surface area contributed by atoms with E-state index in [0.29, 0.717) is 17.1 Å². The lowest BCUT2D eigenvalue weighted by Gasteiger charge is -2.36. The van der Waals surface area contributed by atoms with E-state index >= 15 is 0 Å². The minimum atomic E-state index is -3.27. The summed E-state index contributed by atoms with van der Waals surface area (Å²) in [5.41, 5.74) is 1.90. The van der Waals surface area contributed by atoms with Gasteiger partial charge in [-0.15, -0.1) is 0 Å². The van der Waals surface area contributed by atoms with E-state index in [0.717, 1.165) is 38.1 Å². The second-order valence-corrected chi connectivity index (χ2v) is 10.7. The van der Waals surface area contributed by atoms with Crippen LogP contribution in [0.4, 0.5) is 23.0 Å². The van der Waals surface area contributed by atoms with Crippen LogP contribution in [0.3, 0.4) is 0 Å². The van der Waals surface area contributed by atoms with Gasteiger partial charge in [-0.25, -0.2) is 13.4 Å². The molecule has 0 unspecified atom stereocenters. The molecule has 0 bridgehead atoms. The monoisotopic (exact) mass is 537 g/mol. The van der Waals surface area contributed by atoms with E-state index in [4.69, 9.17) is 21.1 Å². The maximum atomic E-state index is 12.1. The summed E-state index contributed by atoms with van der Waals surface area (Å²) in [6.07, 6.45) is 3.38. The van der Waals surface area contributed by atoms with Gasteiger partial charge in [-0.2, -0.15) is 9.29 Å². The lowest BCUT2D eigenvalue weighted by atomic mass is 10.1. The van der Waals surface area contributed by atoms with E-state index in [9.17, 15) is 13.2 Å². The minimum Gasteiger partial charge on any atom is -0.494 e. The molecule has 12 nitrogen and oxygen atoms in total. The number of rotatable bonds is 9. The number of benzene rings is 1. The molecule has 2 aliphatic heterocycles. The van der Waals surface area contributed by atoms with Crippen LogP contribution >= 0.6 is 11.6 Å². The van der Waals surface area contributed by atoms with Gasteiger partial charge in [-0.1, -0.05) is 18.2 Å². The molecule has 14 heteroatoms. The van der Waals surface area contributed by atoms with Gasteiger partial charge in [0.1, 0.15) is 16.9 Å². The average molecular weight is 538 g/mol. The third-order valence-corrected chi connectivity index (χ3v) is 7.23. The van der Waals surface area contributed by atoms with E-state index in [-0.39, 0.29) is 42.0 Å². The van der Waals surface area contributed by atoms with Crippen molar-refractivity contribution in [1.82, 2.24) is 19.6 Å². The van der Waals surface area contributed by atoms with Crippen LogP contribution in [0, 0.1) is 0 Å². The van der Waals surface area contributed by atoms with E-state index in [1.165, 1.54) is 16.6 Å². The van der Waals surface area contributed by atoms with Gasteiger partial charge in [0.05, 0.1) is 49.7 Å². The topological polar surface area (TPSA) is 138 Å². The minimum absolute atomic E-state index is 0.129. The van der Waals surface area contributed by atoms with Gasteiger partial charge in [0, 0.05) is 32.2 Å². The Morgan fingerprint density at radius 2 is 2.00 bits per heavy atom. The zero-order valence-corrected chi connectivity index (χ0v) is 21.5. The van der Waals surface area contributed by atoms with Crippen molar-refractivity contribution in [2.24, 2.45) is 0 Å². The molecule has 0 aliphatic carbocycles. The lowest BCUT2D eigenvalue weighted by Crippen LogP contribution is -2.55. The molecule has 36 heavy (non-hydrogen) atoms. The SMILES string of the molecule is C=CC(=O)Nc1cc(Nc2ncc(Cl)c(OC3CN(S(C)(=O)=O)C3)n2)c(OC)cc1N1CCNCC1. The van der Waals surface area contributed by atoms with Gasteiger partial charge in [-0.3, -0.25) is 4.79 Å². The maximum absolute atomic E-state index is 12.1. The number of carbonyl (C=O) groups excluding carboxylic acids is 1. The number of hydrogen-bond donors (Lipinski definition) is 3. The molecule has 194 valence electrons. The van der Waals surface area contributed by atoms with Crippen LogP contribution in [0.15, 0.2) is 31.0 Å². The Hall–Kier alpha value is -3.13. The molecule has 0 radical (unpaired) electrons. The number of carbonyl (C=O) groups is 1. The summed E-state index contributed by atoms with van der Waals surface area (Å²) in [7, 11) is -1.72. The standard InChI is InChI=1S/C22H28ClN7O5S/c1-4-20(31)26-16-9-17(19(34-2)10-18(16)29-7-5-24-6-8-29)27-22-25-11-15(23)21(28-22)35-14-12-30(13-14)36(3,32)33/h4,9-11,14,24H,1,5-8,12-13H2,2-3H3,(H,26,31)(H,25,27,28). The normalized spacial score (nSPS) is 16.7. The number of aromatic nitrogens is 2. The summed E-state index contributed by atoms with van der Waals surface area (Å²) in [6.45, 7) is 7.15. The summed E-state index contributed by atoms with van der Waals surface area (Å²) in [4.78, 5) is 22.9. The molecule has 3 N–H and O–H groups in total. The lowest BCUT2D eigenvalue weighted by molar-refractivity contribution is -0.111. The molecule has 0 saturated carbocycles. The molecule has 2 saturated heterocycles. The van der Waals surface area contributed by atoms with Crippen molar-refractivity contribution < 1.29 is 22.7 Å². The van der Waals surface area contributed by atoms with E-state index in [2.05, 4.69) is 37.4 Å². The van der Waals surface area contributed by atoms with Crippen LogP contribution in [0.1, 0.15) is 0 Å². The highest BCUT2D eigenvalue weighted by atomic mass is 35.5. The summed E-state index contributed by atoms with van der Waals surface area (Å²) in [5.74, 6) is 0.486. The zero-order chi connectivity index (χ0) is 25.9. The molecule has 1 amide bonds. The third-order valence-electron chi connectivity index (χ3n) is 5.74. The quantitative estimate of drug-likeness (QED) is 0.403. The number of nitrogens with zero attached hydrogens (tertiary/aromatic N) is 4. The van der Waals surface area contributed by atoms with Gasteiger partial charge < -0.3 is 30.3 Å². The molecular formula is C22H28ClN7O5S. The summed E-state index contributed by atoms with van der Waals surface area (Å²) in [6, 6.07) is 3.58. The molecule has 0 spiro atoms. The number of methoxy groups -OCH3 is 1. The number of anilines is 4. The van der Waals surface area contributed by atoms with Crippen molar-refractivity contribution in [1.29, 1.82) is 0 Å². The highest BCUT2D eigenvalue weighted by Gasteiger charge is 2.35. The Labute approximate surface area is 214 Å². The van der Waals surface area contributed by atoms with E-state index in [1.54, 1.807) is 13.2 Å². The Balaban J connectivity index is 1.58. The van der Waals surface area contributed by atoms with Crippen LogP contribution in [-0.4, -0.2) is 87.3 Å². The van der Waals surface area contributed by atoms with Gasteiger partial charge in [0.25, 0.3) is 0 Å². The number of amides is 1. The predicted octanol–water partition coefficient (Wildman–Crippen LogP) is 1.44. The molecule has 1 aromatic carbocycles. The van der Waals surface area contributed by atoms with Crippen molar-refractivity contribution >= 4 is 50.5 Å². The largest absolute Gasteiger partial charge is 0.494 e. The van der Waals surface area contributed by atoms with Gasteiger partial charge in [0.2, 0.25) is 27.8 Å². The van der Waals surface area contributed by atoms with Crippen molar-refractivity contribution in [2.75, 3.05) is 68.2 Å². The number of sulfonamides is 1. The zero-order valence-electron chi connectivity index (χ0n) is 20.0. The van der Waals surface area contributed by atoms with Crippen LogP contribution < -0.4 is 30.3 Å². The van der Waals surface area contributed by atoms with Crippen LogP contribution in [0.2, 0.25) is 5.02 Å². The molecule has 1 aromatic heterocycles. The van der Waals surface area contributed by atoms with Crippen LogP contribution in [-0.2, 0) is 14.8 Å². The number of piperazine rings is 1. The number of halogens is 1. The molecule has 0 atom stereocenters. The molecule has 4 rings (SSSR count). The van der Waals surface area contributed by atoms with Crippen molar-refractivity contribution in [3.63, 3.8) is 0 Å². The fourth-order valence-electron chi connectivity index (χ4n) is 3.81. The van der Waals surface area contributed by atoms with Gasteiger partial charge in [0.15, 0.2) is 0 Å². The Morgan fingerprint density at radius 1 is 1.28 bits per heavy atom. The fourth-order valence-corrected chi connectivity index (χ4v) is 4.82. The van der Waals surface area contributed by atoms with Crippen molar-refractivity contribution in [2.45, 2.75) is 6.10 Å². The van der Waals surface area contributed by atoms with Crippen molar-refractivity contribution in [3.05, 3.63) is 36.0 Å². The summed E-state index contributed by atoms with van der Waals surface area (Å²) >= 11 is 6.21. The first-order valence-electron chi connectivity index (χ1n) is 11.2. The fraction of sp³-hybridized carbons (Fsp3) is 0.409. The third kappa shape index (κ3) is 5.98. The molecule has 3 heterocycles. The second kappa shape index (κ2) is 10.9. The summed E-state index contributed by atoms with van der Waals surface area (Å²) < 4.78 is 35.9. The molecular weight excluding hydrogens is 510 g/mol. The number of nitrogens with one attached hydrogen (secondary N) is 3. The van der Waals surface area contributed by atoms with E-state index in [1.807, 2.05) is 6.07 Å². The predicted molar refractivity (Wildman–Crippen MR) is 138 cm³/mol. The molecule has 2 aliphatic rings. The smallest absolute Gasteiger partial charge is 0.247 e. The van der Waals surface area contributed by atoms with Crippen LogP contribution in [0.25, 0.3) is 0 Å². The van der Waals surface area contributed by atoms with Gasteiger partial charge in [-0.05, 0) is 12.1 Å².